The number of benzene rings is 2. The van der Waals surface area contributed by atoms with Gasteiger partial charge in [-0.3, -0.25) is 9.78 Å². The Morgan fingerprint density at radius 1 is 1.10 bits per heavy atom. The van der Waals surface area contributed by atoms with Crippen molar-refractivity contribution in [1.82, 2.24) is 15.2 Å². The number of hydrogen-bond acceptors (Lipinski definition) is 7. The average Bonchev–Trinajstić information content (AvgIpc) is 2.78. The number of rotatable bonds is 10. The Labute approximate surface area is 175 Å². The number of aromatic amines is 1. The minimum Gasteiger partial charge on any atom is -0.493 e. The summed E-state index contributed by atoms with van der Waals surface area (Å²) in [7, 11) is 1.60. The van der Waals surface area contributed by atoms with Gasteiger partial charge < -0.3 is 9.47 Å². The molecule has 30 heavy (non-hydrogen) atoms. The van der Waals surface area contributed by atoms with Gasteiger partial charge in [0.05, 0.1) is 19.9 Å². The zero-order valence-corrected chi connectivity index (χ0v) is 17.1. The fraction of sp³-hybridized carbons (Fsp3) is 0.273. The fourth-order valence-corrected chi connectivity index (χ4v) is 2.76. The lowest BCUT2D eigenvalue weighted by Gasteiger charge is -2.11. The van der Waals surface area contributed by atoms with Crippen LogP contribution in [-0.4, -0.2) is 35.1 Å². The Morgan fingerprint density at radius 3 is 2.67 bits per heavy atom. The van der Waals surface area contributed by atoms with E-state index in [1.807, 2.05) is 36.4 Å². The first-order chi connectivity index (χ1) is 14.7. The zero-order chi connectivity index (χ0) is 21.2. The molecule has 0 aliphatic rings. The second kappa shape index (κ2) is 10.8. The summed E-state index contributed by atoms with van der Waals surface area (Å²) in [6, 6.07) is 14.7. The molecule has 0 aliphatic heterocycles. The summed E-state index contributed by atoms with van der Waals surface area (Å²) >= 11 is 0. The van der Waals surface area contributed by atoms with Crippen LogP contribution in [-0.2, 0) is 0 Å². The molecule has 0 aliphatic carbocycles. The summed E-state index contributed by atoms with van der Waals surface area (Å²) < 4.78 is 11.2. The molecule has 0 radical (unpaired) electrons. The molecule has 2 N–H and O–H groups in total. The van der Waals surface area contributed by atoms with Crippen LogP contribution in [0.1, 0.15) is 31.7 Å². The summed E-state index contributed by atoms with van der Waals surface area (Å²) in [5, 5.41) is 12.1. The Kier molecular flexibility index (Phi) is 7.54. The van der Waals surface area contributed by atoms with Gasteiger partial charge in [-0.25, -0.2) is 5.43 Å². The molecular weight excluding hydrogens is 382 g/mol. The number of anilines is 1. The van der Waals surface area contributed by atoms with E-state index in [0.29, 0.717) is 23.7 Å². The van der Waals surface area contributed by atoms with Gasteiger partial charge in [0, 0.05) is 5.56 Å². The smallest absolute Gasteiger partial charge is 0.279 e. The maximum Gasteiger partial charge on any atom is 0.279 e. The first kappa shape index (κ1) is 21.0. The van der Waals surface area contributed by atoms with Gasteiger partial charge in [0.1, 0.15) is 0 Å². The molecule has 2 aromatic carbocycles. The molecule has 1 heterocycles. The van der Waals surface area contributed by atoms with Crippen molar-refractivity contribution in [2.75, 3.05) is 19.1 Å². The topological polar surface area (TPSA) is 101 Å². The van der Waals surface area contributed by atoms with Gasteiger partial charge in [0.25, 0.3) is 5.56 Å². The Hall–Kier alpha value is -3.68. The predicted molar refractivity (Wildman–Crippen MR) is 117 cm³/mol. The van der Waals surface area contributed by atoms with Crippen molar-refractivity contribution in [2.45, 2.75) is 26.2 Å². The van der Waals surface area contributed by atoms with Crippen molar-refractivity contribution >= 4 is 12.2 Å². The second-order valence-corrected chi connectivity index (χ2v) is 6.55. The third kappa shape index (κ3) is 5.66. The summed E-state index contributed by atoms with van der Waals surface area (Å²) in [6.07, 6.45) is 4.88. The minimum atomic E-state index is -0.347. The van der Waals surface area contributed by atoms with Crippen molar-refractivity contribution in [3.8, 4) is 22.8 Å². The van der Waals surface area contributed by atoms with Gasteiger partial charge in [-0.15, -0.1) is 10.2 Å². The van der Waals surface area contributed by atoms with Crippen molar-refractivity contribution in [3.05, 3.63) is 64.4 Å². The molecule has 1 aromatic heterocycles. The largest absolute Gasteiger partial charge is 0.493 e. The number of nitrogens with one attached hydrogen (secondary N) is 2. The standard InChI is InChI=1S/C22H25N5O3/c1-3-4-8-13-30-18-12-11-16(14-19(18)29-2)15-23-26-22-24-21(28)20(25-27-22)17-9-6-5-7-10-17/h5-7,9-12,14-15H,3-4,8,13H2,1-2H3,(H2,24,26,27,28)/b23-15+. The van der Waals surface area contributed by atoms with Crippen LogP contribution in [0.3, 0.4) is 0 Å². The van der Waals surface area contributed by atoms with E-state index in [-0.39, 0.29) is 17.2 Å². The van der Waals surface area contributed by atoms with Gasteiger partial charge in [0.15, 0.2) is 17.2 Å². The summed E-state index contributed by atoms with van der Waals surface area (Å²) in [4.78, 5) is 14.9. The van der Waals surface area contributed by atoms with Crippen LogP contribution in [0.2, 0.25) is 0 Å². The number of hydrazone groups is 1. The first-order valence-electron chi connectivity index (χ1n) is 9.83. The molecule has 0 amide bonds. The lowest BCUT2D eigenvalue weighted by atomic mass is 10.2. The van der Waals surface area contributed by atoms with E-state index in [9.17, 15) is 4.79 Å². The molecule has 8 nitrogen and oxygen atoms in total. The predicted octanol–water partition coefficient (Wildman–Crippen LogP) is 3.86. The molecular formula is C22H25N5O3. The van der Waals surface area contributed by atoms with E-state index >= 15 is 0 Å². The number of methoxy groups -OCH3 is 1. The van der Waals surface area contributed by atoms with E-state index in [4.69, 9.17) is 9.47 Å². The van der Waals surface area contributed by atoms with Crippen LogP contribution < -0.4 is 20.5 Å². The summed E-state index contributed by atoms with van der Waals surface area (Å²) in [5.74, 6) is 1.49. The number of H-pyrrole nitrogens is 1. The normalized spacial score (nSPS) is 10.9. The molecule has 8 heteroatoms. The monoisotopic (exact) mass is 407 g/mol. The molecule has 3 rings (SSSR count). The lowest BCUT2D eigenvalue weighted by Crippen LogP contribution is -2.15. The number of nitrogens with zero attached hydrogens (tertiary/aromatic N) is 3. The SMILES string of the molecule is CCCCCOc1ccc(/C=N/Nc2nnc(-c3ccccc3)c(=O)[nH]2)cc1OC. The van der Waals surface area contributed by atoms with E-state index < -0.39 is 0 Å². The molecule has 0 saturated heterocycles. The molecule has 0 bridgehead atoms. The van der Waals surface area contributed by atoms with Crippen molar-refractivity contribution in [2.24, 2.45) is 5.10 Å². The molecule has 156 valence electrons. The summed E-state index contributed by atoms with van der Waals surface area (Å²) in [5.41, 5.74) is 4.09. The Bertz CT molecular complexity index is 1030. The van der Waals surface area contributed by atoms with Crippen molar-refractivity contribution in [3.63, 3.8) is 0 Å². The van der Waals surface area contributed by atoms with Crippen molar-refractivity contribution in [1.29, 1.82) is 0 Å². The highest BCUT2D eigenvalue weighted by Gasteiger charge is 2.07. The van der Waals surface area contributed by atoms with E-state index in [1.165, 1.54) is 0 Å². The van der Waals surface area contributed by atoms with Crippen LogP contribution in [0.15, 0.2) is 58.4 Å². The molecule has 0 fully saturated rings. The van der Waals surface area contributed by atoms with E-state index in [2.05, 4.69) is 32.6 Å². The third-order valence-corrected chi connectivity index (χ3v) is 4.32. The van der Waals surface area contributed by atoms with Crippen LogP contribution in [0, 0.1) is 0 Å². The summed E-state index contributed by atoms with van der Waals surface area (Å²) in [6.45, 7) is 2.81. The van der Waals surface area contributed by atoms with Crippen molar-refractivity contribution < 1.29 is 9.47 Å². The van der Waals surface area contributed by atoms with Gasteiger partial charge in [-0.2, -0.15) is 5.10 Å². The fourth-order valence-electron chi connectivity index (χ4n) is 2.76. The van der Waals surface area contributed by atoms with E-state index in [0.717, 1.165) is 24.8 Å². The molecule has 0 atom stereocenters. The Balaban J connectivity index is 1.63. The minimum absolute atomic E-state index is 0.152. The van der Waals surface area contributed by atoms with Crippen LogP contribution in [0.25, 0.3) is 11.3 Å². The third-order valence-electron chi connectivity index (χ3n) is 4.32. The average molecular weight is 407 g/mol. The highest BCUT2D eigenvalue weighted by atomic mass is 16.5. The molecule has 0 saturated carbocycles. The highest BCUT2D eigenvalue weighted by Crippen LogP contribution is 2.27. The zero-order valence-electron chi connectivity index (χ0n) is 17.1. The van der Waals surface area contributed by atoms with Crippen LogP contribution >= 0.6 is 0 Å². The van der Waals surface area contributed by atoms with Gasteiger partial charge in [-0.05, 0) is 30.2 Å². The maximum absolute atomic E-state index is 12.2. The number of ether oxygens (including phenoxy) is 2. The van der Waals surface area contributed by atoms with Gasteiger partial charge in [0.2, 0.25) is 5.95 Å². The number of unbranched alkanes of at least 4 members (excludes halogenated alkanes) is 2. The Morgan fingerprint density at radius 2 is 1.93 bits per heavy atom. The molecule has 0 spiro atoms. The quantitative estimate of drug-likeness (QED) is 0.301. The van der Waals surface area contributed by atoms with Crippen LogP contribution in [0.5, 0.6) is 11.5 Å². The number of aromatic nitrogens is 3. The highest BCUT2D eigenvalue weighted by molar-refractivity contribution is 5.81. The number of hydrogen-bond donors (Lipinski definition) is 2. The maximum atomic E-state index is 12.2. The van der Waals surface area contributed by atoms with Gasteiger partial charge >= 0.3 is 0 Å². The van der Waals surface area contributed by atoms with E-state index in [1.54, 1.807) is 25.5 Å². The van der Waals surface area contributed by atoms with Gasteiger partial charge in [-0.1, -0.05) is 50.1 Å². The second-order valence-electron chi connectivity index (χ2n) is 6.55. The van der Waals surface area contributed by atoms with Crippen LogP contribution in [0.4, 0.5) is 5.95 Å². The molecule has 0 unspecified atom stereocenters. The first-order valence-corrected chi connectivity index (χ1v) is 9.83. The molecule has 3 aromatic rings. The lowest BCUT2D eigenvalue weighted by molar-refractivity contribution is 0.286.